The molecule has 2 radical (unpaired) electrons. The van der Waals surface area contributed by atoms with E-state index in [1.165, 1.54) is 6.42 Å². The van der Waals surface area contributed by atoms with Gasteiger partial charge in [-0.2, -0.15) is 0 Å². The first-order valence-corrected chi connectivity index (χ1v) is 4.50. The first-order valence-electron chi connectivity index (χ1n) is 2.69. The summed E-state index contributed by atoms with van der Waals surface area (Å²) in [6, 6.07) is 0.958. The summed E-state index contributed by atoms with van der Waals surface area (Å²) in [5.41, 5.74) is 0. The van der Waals surface area contributed by atoms with Crippen molar-refractivity contribution < 1.29 is 109 Å². The predicted molar refractivity (Wildman–Crippen MR) is 31.4 cm³/mol. The van der Waals surface area contributed by atoms with Crippen LogP contribution in [0.2, 0.25) is 6.04 Å². The third kappa shape index (κ3) is 15.3. The Morgan fingerprint density at radius 3 is 1.67 bits per heavy atom. The van der Waals surface area contributed by atoms with Crippen molar-refractivity contribution >= 4 is 9.28 Å². The Kier molecular flexibility index (Phi) is 47.3. The second kappa shape index (κ2) is 19.4. The third-order valence-electron chi connectivity index (χ3n) is 1.16. The van der Waals surface area contributed by atoms with Gasteiger partial charge in [-0.1, -0.05) is 0 Å². The van der Waals surface area contributed by atoms with E-state index in [-0.39, 0.29) is 99.9 Å². The summed E-state index contributed by atoms with van der Waals surface area (Å²) in [7, 11) is -1.59. The Balaban J connectivity index is -0.0000000327. The van der Waals surface area contributed by atoms with Crippen molar-refractivity contribution in [2.24, 2.45) is 0 Å². The Morgan fingerprint density at radius 1 is 1.00 bits per heavy atom. The van der Waals surface area contributed by atoms with Gasteiger partial charge < -0.3 is 25.7 Å². The van der Waals surface area contributed by atoms with Crippen LogP contribution < -0.4 is 0 Å². The zero-order valence-electron chi connectivity index (χ0n) is 6.49. The molecule has 1 unspecified atom stereocenters. The monoisotopic (exact) mass is 446 g/mol. The van der Waals surface area contributed by atoms with Crippen molar-refractivity contribution in [3.8, 4) is 0 Å². The van der Waals surface area contributed by atoms with Crippen LogP contribution in [0.3, 0.4) is 0 Å². The Bertz CT molecular complexity index is 63.4. The van der Waals surface area contributed by atoms with Crippen LogP contribution in [-0.2, 0) is 20.9 Å². The molecule has 0 amide bonds. The number of hydrogen-bond acceptors (Lipinski definition) is 2. The molecule has 0 spiro atoms. The molecule has 1 aliphatic heterocycles. The molecule has 0 aromatic rings. The molecular weight excluding hydrogens is 436 g/mol. The average molecular weight is 446 g/mol. The summed E-state index contributed by atoms with van der Waals surface area (Å²) in [4.78, 5) is 8.83. The van der Waals surface area contributed by atoms with Crippen molar-refractivity contribution in [1.82, 2.24) is 0 Å². The fourth-order valence-corrected chi connectivity index (χ4v) is 1.97. The topological polar surface area (TPSA) is 115 Å². The molecule has 1 N–H and O–H groups in total. The second-order valence-electron chi connectivity index (χ2n) is 1.82. The average Bonchev–Trinajstić information content (AvgIpc) is 1.69. The Hall–Kier alpha value is 2.77. The summed E-state index contributed by atoms with van der Waals surface area (Å²) in [5.74, 6) is 0. The zero-order valence-corrected chi connectivity index (χ0v) is 13.9. The summed E-state index contributed by atoms with van der Waals surface area (Å²) < 4.78 is 4.97. The van der Waals surface area contributed by atoms with E-state index >= 15 is 0 Å². The second-order valence-corrected chi connectivity index (χ2v) is 3.64. The van der Waals surface area contributed by atoms with E-state index in [0.29, 0.717) is 0 Å². The van der Waals surface area contributed by atoms with Gasteiger partial charge in [-0.05, 0) is 18.9 Å². The molecule has 0 aromatic heterocycles. The van der Waals surface area contributed by atoms with Gasteiger partial charge in [0.1, 0.15) is 0 Å². The summed E-state index contributed by atoms with van der Waals surface area (Å²) in [6.07, 6.45) is 2.32. The smallest absolute Gasteiger partial charge is 2.00 e. The van der Waals surface area contributed by atoms with Crippen LogP contribution >= 0.6 is 0 Å². The van der Waals surface area contributed by atoms with E-state index in [0.717, 1.165) is 19.1 Å². The molecule has 1 fully saturated rings. The van der Waals surface area contributed by atoms with Crippen molar-refractivity contribution in [3.63, 3.8) is 0 Å². The molecule has 68 valence electrons. The van der Waals surface area contributed by atoms with E-state index in [1.54, 1.807) is 0 Å². The van der Waals surface area contributed by atoms with Crippen LogP contribution in [0.25, 0.3) is 0 Å². The maximum atomic E-state index is 8.83. The molecule has 1 rings (SSSR count). The van der Waals surface area contributed by atoms with Crippen molar-refractivity contribution in [3.05, 3.63) is 0 Å². The van der Waals surface area contributed by atoms with E-state index in [9.17, 15) is 0 Å². The molecule has 0 aromatic carbocycles. The van der Waals surface area contributed by atoms with Crippen molar-refractivity contribution in [2.75, 3.05) is 6.61 Å². The molecule has 1 atom stereocenters. The molecule has 1 heterocycles. The predicted octanol–water partition coefficient (Wildman–Crippen LogP) is -0.347. The maximum absolute atomic E-state index is 8.83. The van der Waals surface area contributed by atoms with Crippen LogP contribution in [0.5, 0.6) is 0 Å². The molecule has 1 saturated heterocycles. The van der Waals surface area contributed by atoms with Gasteiger partial charge in [0.2, 0.25) is 0 Å². The summed E-state index contributed by atoms with van der Waals surface area (Å²) in [6.45, 7) is 0.799. The fourth-order valence-electron chi connectivity index (χ4n) is 0.724. The Labute approximate surface area is 141 Å². The van der Waals surface area contributed by atoms with Gasteiger partial charge >= 0.3 is 92.8 Å². The van der Waals surface area contributed by atoms with Gasteiger partial charge in [0.05, 0.1) is 0 Å². The molecule has 8 heteroatoms. The van der Waals surface area contributed by atoms with Gasteiger partial charge in [0.25, 0.3) is 0 Å². The summed E-state index contributed by atoms with van der Waals surface area (Å²) in [5, 5.41) is 0. The minimum atomic E-state index is -1.59. The van der Waals surface area contributed by atoms with Crippen LogP contribution in [-0.4, -0.2) is 20.7 Å². The van der Waals surface area contributed by atoms with Gasteiger partial charge in [-0.3, -0.25) is 0 Å². The van der Waals surface area contributed by atoms with Crippen molar-refractivity contribution in [2.45, 2.75) is 18.9 Å². The Morgan fingerprint density at radius 2 is 1.50 bits per heavy atom. The minimum Gasteiger partial charge on any atom is -2.00 e. The quantitative estimate of drug-likeness (QED) is 0.513. The molecule has 5 nitrogen and oxygen atoms in total. The first-order chi connectivity index (χ1) is 3.39. The number of hydrogen-bond donors (Lipinski definition) is 1. The van der Waals surface area contributed by atoms with Crippen LogP contribution in [0.15, 0.2) is 0 Å². The minimum absolute atomic E-state index is 0. The molecule has 0 bridgehead atoms. The standard InChI is InChI=1S/C4H10O2Si.2Ce.3O/c5-7-4-2-1-3-6-7;;;;;/h5,7H,1-4H2;;;;;/q;2*+3;3*-2. The largest absolute Gasteiger partial charge is 3.00 e. The maximum Gasteiger partial charge on any atom is 3.00 e. The van der Waals surface area contributed by atoms with Crippen molar-refractivity contribution in [1.29, 1.82) is 0 Å². The first kappa shape index (κ1) is 29.3. The fraction of sp³-hybridized carbons (Fsp3) is 1.00. The van der Waals surface area contributed by atoms with E-state index in [2.05, 4.69) is 0 Å². The van der Waals surface area contributed by atoms with E-state index in [1.807, 2.05) is 0 Å². The van der Waals surface area contributed by atoms with Crippen LogP contribution in [0.1, 0.15) is 12.8 Å². The molecule has 0 saturated carbocycles. The van der Waals surface area contributed by atoms with Gasteiger partial charge in [0.15, 0.2) is 0 Å². The van der Waals surface area contributed by atoms with Gasteiger partial charge in [0, 0.05) is 6.61 Å². The normalized spacial score (nSPS) is 19.2. The van der Waals surface area contributed by atoms with E-state index in [4.69, 9.17) is 9.22 Å². The zero-order chi connectivity index (χ0) is 5.11. The van der Waals surface area contributed by atoms with Gasteiger partial charge in [-0.15, -0.1) is 0 Å². The molecular formula is C4H10Ce2O5Si. The van der Waals surface area contributed by atoms with Gasteiger partial charge in [-0.25, -0.2) is 0 Å². The SMILES string of the molecule is O[SiH]1CCCCO1.[Ce+3].[Ce+3].[O-2].[O-2].[O-2]. The van der Waals surface area contributed by atoms with Crippen LogP contribution in [0, 0.1) is 83.5 Å². The summed E-state index contributed by atoms with van der Waals surface area (Å²) >= 11 is 0. The molecule has 12 heavy (non-hydrogen) atoms. The van der Waals surface area contributed by atoms with Crippen LogP contribution in [0.4, 0.5) is 0 Å². The molecule has 1 aliphatic rings. The third-order valence-corrected chi connectivity index (χ3v) is 2.68. The van der Waals surface area contributed by atoms with E-state index < -0.39 is 9.28 Å². The number of rotatable bonds is 0. The molecule has 0 aliphatic carbocycles.